The number of fused-ring (bicyclic) bond motifs is 1. The third-order valence-electron chi connectivity index (χ3n) is 2.19. The second-order valence-electron chi connectivity index (χ2n) is 3.34. The van der Waals surface area contributed by atoms with Crippen LogP contribution in [0.1, 0.15) is 0 Å². The van der Waals surface area contributed by atoms with E-state index in [2.05, 4.69) is 15.0 Å². The normalized spacial score (nSPS) is 12.8. The zero-order chi connectivity index (χ0) is 11.7. The predicted octanol–water partition coefficient (Wildman–Crippen LogP) is -1.78. The molecule has 6 N–H and O–H groups in total. The van der Waals surface area contributed by atoms with Gasteiger partial charge in [-0.3, -0.25) is 4.79 Å². The summed E-state index contributed by atoms with van der Waals surface area (Å²) in [5.41, 5.74) is 17.2. The minimum atomic E-state index is -0.784. The lowest BCUT2D eigenvalue weighted by Gasteiger charge is -2.08. The van der Waals surface area contributed by atoms with Gasteiger partial charge in [-0.15, -0.1) is 0 Å². The van der Waals surface area contributed by atoms with E-state index in [0.717, 1.165) is 0 Å². The lowest BCUT2D eigenvalue weighted by molar-refractivity contribution is -0.119. The minimum absolute atomic E-state index is 0.211. The molecular formula is C8H11N7O. The number of amides is 1. The van der Waals surface area contributed by atoms with Crippen LogP contribution in [0.3, 0.4) is 0 Å². The Morgan fingerprint density at radius 3 is 2.88 bits per heavy atom. The Morgan fingerprint density at radius 1 is 1.44 bits per heavy atom. The number of hydrogen-bond acceptors (Lipinski definition) is 6. The van der Waals surface area contributed by atoms with Gasteiger partial charge in [0.25, 0.3) is 0 Å². The highest BCUT2D eigenvalue weighted by atomic mass is 16.1. The number of carbonyl (C=O) groups is 1. The van der Waals surface area contributed by atoms with Crippen LogP contribution in [-0.4, -0.2) is 31.5 Å². The Balaban J connectivity index is 2.39. The molecule has 1 unspecified atom stereocenters. The maximum absolute atomic E-state index is 10.8. The van der Waals surface area contributed by atoms with Crippen molar-refractivity contribution in [3.63, 3.8) is 0 Å². The molecular weight excluding hydrogens is 210 g/mol. The van der Waals surface area contributed by atoms with Gasteiger partial charge < -0.3 is 21.8 Å². The van der Waals surface area contributed by atoms with E-state index in [-0.39, 0.29) is 12.4 Å². The number of rotatable bonds is 3. The SMILES string of the molecule is NC(=O)C(N)Cn1cnc2c(N)ncnc21. The first-order valence-electron chi connectivity index (χ1n) is 4.56. The van der Waals surface area contributed by atoms with Gasteiger partial charge in [0.15, 0.2) is 11.5 Å². The first-order chi connectivity index (χ1) is 7.59. The summed E-state index contributed by atoms with van der Waals surface area (Å²) < 4.78 is 1.61. The van der Waals surface area contributed by atoms with E-state index >= 15 is 0 Å². The van der Waals surface area contributed by atoms with Crippen molar-refractivity contribution < 1.29 is 4.79 Å². The molecule has 0 aliphatic heterocycles. The van der Waals surface area contributed by atoms with E-state index in [1.54, 1.807) is 4.57 Å². The molecule has 0 aliphatic carbocycles. The van der Waals surface area contributed by atoms with Crippen molar-refractivity contribution in [3.05, 3.63) is 12.7 Å². The Kier molecular flexibility index (Phi) is 2.41. The van der Waals surface area contributed by atoms with Crippen LogP contribution < -0.4 is 17.2 Å². The summed E-state index contributed by atoms with van der Waals surface area (Å²) in [5.74, 6) is -0.291. The van der Waals surface area contributed by atoms with E-state index in [4.69, 9.17) is 17.2 Å². The molecule has 2 rings (SSSR count). The van der Waals surface area contributed by atoms with E-state index in [0.29, 0.717) is 11.2 Å². The molecule has 0 saturated carbocycles. The average molecular weight is 221 g/mol. The summed E-state index contributed by atoms with van der Waals surface area (Å²) in [6, 6.07) is -0.784. The number of anilines is 1. The second-order valence-corrected chi connectivity index (χ2v) is 3.34. The van der Waals surface area contributed by atoms with Crippen molar-refractivity contribution in [2.45, 2.75) is 12.6 Å². The van der Waals surface area contributed by atoms with Gasteiger partial charge in [-0.25, -0.2) is 15.0 Å². The Labute approximate surface area is 90.5 Å². The summed E-state index contributed by atoms with van der Waals surface area (Å²) in [6.07, 6.45) is 2.82. The fraction of sp³-hybridized carbons (Fsp3) is 0.250. The van der Waals surface area contributed by atoms with Crippen molar-refractivity contribution in [2.75, 3.05) is 5.73 Å². The summed E-state index contributed by atoms with van der Waals surface area (Å²) in [7, 11) is 0. The summed E-state index contributed by atoms with van der Waals surface area (Å²) in [5, 5.41) is 0. The number of nitrogen functional groups attached to an aromatic ring is 1. The molecule has 0 aliphatic rings. The highest BCUT2D eigenvalue weighted by molar-refractivity contribution is 5.82. The highest BCUT2D eigenvalue weighted by Crippen LogP contribution is 2.13. The maximum Gasteiger partial charge on any atom is 0.236 e. The Hall–Kier alpha value is -2.22. The van der Waals surface area contributed by atoms with E-state index in [1.807, 2.05) is 0 Å². The summed E-state index contributed by atoms with van der Waals surface area (Å²) >= 11 is 0. The summed E-state index contributed by atoms with van der Waals surface area (Å²) in [4.78, 5) is 22.7. The van der Waals surface area contributed by atoms with Crippen LogP contribution in [0.5, 0.6) is 0 Å². The Morgan fingerprint density at radius 2 is 2.19 bits per heavy atom. The van der Waals surface area contributed by atoms with Crippen molar-refractivity contribution in [3.8, 4) is 0 Å². The van der Waals surface area contributed by atoms with Crippen LogP contribution in [0.25, 0.3) is 11.2 Å². The first kappa shape index (κ1) is 10.3. The molecule has 0 bridgehead atoms. The van der Waals surface area contributed by atoms with E-state index in [9.17, 15) is 4.79 Å². The molecule has 0 spiro atoms. The molecule has 1 amide bonds. The van der Waals surface area contributed by atoms with Crippen molar-refractivity contribution >= 4 is 22.9 Å². The minimum Gasteiger partial charge on any atom is -0.382 e. The van der Waals surface area contributed by atoms with Crippen LogP contribution >= 0.6 is 0 Å². The fourth-order valence-corrected chi connectivity index (χ4v) is 1.33. The van der Waals surface area contributed by atoms with Gasteiger partial charge in [-0.1, -0.05) is 0 Å². The highest BCUT2D eigenvalue weighted by Gasteiger charge is 2.13. The van der Waals surface area contributed by atoms with Gasteiger partial charge in [0.2, 0.25) is 5.91 Å². The first-order valence-corrected chi connectivity index (χ1v) is 4.56. The van der Waals surface area contributed by atoms with Gasteiger partial charge in [0.1, 0.15) is 17.9 Å². The van der Waals surface area contributed by atoms with Gasteiger partial charge >= 0.3 is 0 Å². The molecule has 0 radical (unpaired) electrons. The molecule has 2 aromatic heterocycles. The molecule has 8 nitrogen and oxygen atoms in total. The molecule has 0 aromatic carbocycles. The quantitative estimate of drug-likeness (QED) is 0.560. The number of aromatic nitrogens is 4. The molecule has 16 heavy (non-hydrogen) atoms. The lowest BCUT2D eigenvalue weighted by atomic mass is 10.3. The molecule has 8 heteroatoms. The molecule has 0 saturated heterocycles. The van der Waals surface area contributed by atoms with Crippen LogP contribution in [0, 0.1) is 0 Å². The van der Waals surface area contributed by atoms with Crippen LogP contribution in [-0.2, 0) is 11.3 Å². The molecule has 84 valence electrons. The molecule has 1 atom stereocenters. The zero-order valence-electron chi connectivity index (χ0n) is 8.37. The topological polar surface area (TPSA) is 139 Å². The largest absolute Gasteiger partial charge is 0.382 e. The summed E-state index contributed by atoms with van der Waals surface area (Å²) in [6.45, 7) is 0.211. The number of hydrogen-bond donors (Lipinski definition) is 3. The van der Waals surface area contributed by atoms with Crippen molar-refractivity contribution in [1.29, 1.82) is 0 Å². The van der Waals surface area contributed by atoms with Crippen molar-refractivity contribution in [1.82, 2.24) is 19.5 Å². The van der Waals surface area contributed by atoms with Crippen LogP contribution in [0.2, 0.25) is 0 Å². The van der Waals surface area contributed by atoms with Crippen molar-refractivity contribution in [2.24, 2.45) is 11.5 Å². The molecule has 2 heterocycles. The van der Waals surface area contributed by atoms with Gasteiger partial charge in [-0.2, -0.15) is 0 Å². The number of primary amides is 1. The molecule has 0 fully saturated rings. The number of nitrogens with zero attached hydrogens (tertiary/aromatic N) is 4. The monoisotopic (exact) mass is 221 g/mol. The fourth-order valence-electron chi connectivity index (χ4n) is 1.33. The van der Waals surface area contributed by atoms with E-state index < -0.39 is 11.9 Å². The van der Waals surface area contributed by atoms with Crippen LogP contribution in [0.15, 0.2) is 12.7 Å². The number of imidazole rings is 1. The number of carbonyl (C=O) groups excluding carboxylic acids is 1. The molecule has 2 aromatic rings. The Bertz CT molecular complexity index is 534. The smallest absolute Gasteiger partial charge is 0.236 e. The van der Waals surface area contributed by atoms with Gasteiger partial charge in [0, 0.05) is 6.54 Å². The van der Waals surface area contributed by atoms with E-state index in [1.165, 1.54) is 12.7 Å². The van der Waals surface area contributed by atoms with Gasteiger partial charge in [-0.05, 0) is 0 Å². The predicted molar refractivity (Wildman–Crippen MR) is 56.9 cm³/mol. The second kappa shape index (κ2) is 3.74. The standard InChI is InChI=1S/C8H11N7O/c9-4(7(11)16)1-15-3-14-5-6(10)12-2-13-8(5)15/h2-4H,1,9H2,(H2,11,16)(H2,10,12,13). The lowest BCUT2D eigenvalue weighted by Crippen LogP contribution is -2.39. The third-order valence-corrected chi connectivity index (χ3v) is 2.19. The van der Waals surface area contributed by atoms with Crippen LogP contribution in [0.4, 0.5) is 5.82 Å². The third kappa shape index (κ3) is 1.65. The zero-order valence-corrected chi connectivity index (χ0v) is 8.37. The number of nitrogens with two attached hydrogens (primary N) is 3. The average Bonchev–Trinajstić information content (AvgIpc) is 2.63. The van der Waals surface area contributed by atoms with Gasteiger partial charge in [0.05, 0.1) is 6.33 Å². The maximum atomic E-state index is 10.8.